The molecule has 3 amide bonds. The molecule has 5 heterocycles. The number of amides is 3. The second kappa shape index (κ2) is 43.8. The molecule has 0 aromatic heterocycles. The number of nitrogens with one attached hydrogen (secondary N) is 3. The Morgan fingerprint density at radius 1 is 0.588 bits per heavy atom. The van der Waals surface area contributed by atoms with Crippen molar-refractivity contribution in [2.75, 3.05) is 39.6 Å². The number of aliphatic hydroxyl groups excluding tert-OH is 16. The average molecular weight is 1490 g/mol. The first-order valence-corrected chi connectivity index (χ1v) is 35.1. The van der Waals surface area contributed by atoms with Gasteiger partial charge in [-0.15, -0.1) is 0 Å². The SMILES string of the molecule is CCCCCCCCCCCCCCCCCC(=O)N[C@@H](CO[C@@H]1O[C@H](CO)[C@@H](O[C@@H]2O[C@H](CO)[C@H](O[C@@H]3O[C@H](CO)[C@H](O)[C@H](O[C@@H]4O[C@H](CO)[C@H](O)[C@H](O)[C@H]4O)[C@H]3NC(C)=O)[C@H](O[C@]3(C(=O)[O-])C[C@H](O)C(NC(C)=O)C([C@H](O)[C@H](O)CO)O3)[C@H]2O)[C@H](O)[C@H]1O)[C@H](O)/C=C/c1ccc(Cl)cc1.[NH4+]. The first-order chi connectivity index (χ1) is 48.2. The molecule has 35 nitrogen and oxygen atoms in total. The number of hydrogen-bond acceptors (Lipinski definition) is 31. The fourth-order valence-electron chi connectivity index (χ4n) is 12.9. The number of benzene rings is 1. The zero-order valence-electron chi connectivity index (χ0n) is 58.0. The van der Waals surface area contributed by atoms with Crippen LogP contribution in [0.4, 0.5) is 0 Å². The van der Waals surface area contributed by atoms with Crippen molar-refractivity contribution in [1.82, 2.24) is 22.1 Å². The van der Waals surface area contributed by atoms with Gasteiger partial charge in [0.2, 0.25) is 23.5 Å². The van der Waals surface area contributed by atoms with E-state index in [9.17, 15) is 106 Å². The van der Waals surface area contributed by atoms with Crippen molar-refractivity contribution < 1.29 is 153 Å². The Hall–Kier alpha value is -3.95. The minimum atomic E-state index is -3.50. The van der Waals surface area contributed by atoms with Crippen LogP contribution in [0.15, 0.2) is 30.3 Å². The van der Waals surface area contributed by atoms with E-state index < -0.39 is 241 Å². The van der Waals surface area contributed by atoms with Crippen LogP contribution in [0.5, 0.6) is 0 Å². The lowest BCUT2D eigenvalue weighted by atomic mass is 9.88. The Morgan fingerprint density at radius 2 is 1.07 bits per heavy atom. The van der Waals surface area contributed by atoms with Gasteiger partial charge in [0.15, 0.2) is 25.2 Å². The van der Waals surface area contributed by atoms with Crippen LogP contribution >= 0.6 is 11.6 Å². The lowest BCUT2D eigenvalue weighted by Gasteiger charge is -2.54. The zero-order chi connectivity index (χ0) is 74.3. The van der Waals surface area contributed by atoms with Crippen LogP contribution in [-0.4, -0.2) is 316 Å². The van der Waals surface area contributed by atoms with Crippen LogP contribution in [0.25, 0.3) is 6.08 Å². The first kappa shape index (κ1) is 88.7. The van der Waals surface area contributed by atoms with Gasteiger partial charge in [0, 0.05) is 31.7 Å². The van der Waals surface area contributed by atoms with E-state index in [4.69, 9.17) is 59.0 Å². The number of ether oxygens (including phenoxy) is 10. The topological polar surface area (TPSA) is 580 Å². The quantitative estimate of drug-likeness (QED) is 0.0273. The maximum absolute atomic E-state index is 13.7. The maximum atomic E-state index is 13.7. The van der Waals surface area contributed by atoms with E-state index in [1.807, 2.05) is 0 Å². The molecule has 5 aliphatic rings. The van der Waals surface area contributed by atoms with Gasteiger partial charge in [0.25, 0.3) is 0 Å². The molecule has 5 saturated heterocycles. The van der Waals surface area contributed by atoms with Crippen LogP contribution in [-0.2, 0) is 66.5 Å². The lowest BCUT2D eigenvalue weighted by Crippen LogP contribution is -2.73. The molecule has 0 radical (unpaired) electrons. The van der Waals surface area contributed by atoms with Crippen molar-refractivity contribution in [2.24, 2.45) is 0 Å². The molecule has 5 fully saturated rings. The van der Waals surface area contributed by atoms with Gasteiger partial charge < -0.3 is 161 Å². The number of quaternary nitrogens is 1. The molecule has 0 spiro atoms. The molecule has 23 N–H and O–H groups in total. The van der Waals surface area contributed by atoms with Gasteiger partial charge in [-0.05, 0) is 24.1 Å². The zero-order valence-corrected chi connectivity index (χ0v) is 58.7. The van der Waals surface area contributed by atoms with E-state index in [1.54, 1.807) is 30.3 Å². The number of carboxylic acids is 1. The number of hydrogen-bond donors (Lipinski definition) is 20. The van der Waals surface area contributed by atoms with Crippen LogP contribution in [0.2, 0.25) is 5.02 Å². The molecule has 2 unspecified atom stereocenters. The van der Waals surface area contributed by atoms with Crippen molar-refractivity contribution in [2.45, 2.75) is 301 Å². The summed E-state index contributed by atoms with van der Waals surface area (Å²) in [6.07, 6.45) is -31.7. The van der Waals surface area contributed by atoms with Gasteiger partial charge in [0.1, 0.15) is 122 Å². The second-order valence-corrected chi connectivity index (χ2v) is 26.9. The standard InChI is InChI=1S/C66H108ClN3O31.H3N/c1-4-5-6-7-8-9-10-11-12-13-14-15-16-17-18-19-45(81)70-37(38(78)25-22-35-20-23-36(67)24-21-35)32-92-62-54(88)52(86)56(43(30-74)95-62)97-64-55(89)60(101-66(65(90)91)26-39(79)46(68-33(2)76)59(100-66)48(82)40(80)27-71)57(44(31-75)96-64)98-61-47(69-34(3)77)58(50(84)42(29-73)93-61)99-63-53(87)51(85)49(83)41(28-72)94-63;/h20-25,37-44,46-64,71-75,78-80,82-89H,4-19,26-32H2,1-3H3,(H,68,76)(H,69,77)(H,70,81)(H,90,91);1H3/b25-22+;/t37-,38+,39-,40+,41+,42+,43+,44+,46?,47+,48+,49-,50-,51-,52+,53+,54+,55+,56+,57-,58+,59?,60+,61-,62+,63-,64-,66-;/m0./s1. The van der Waals surface area contributed by atoms with Crippen molar-refractivity contribution in [3.63, 3.8) is 0 Å². The summed E-state index contributed by atoms with van der Waals surface area (Å²) in [6.45, 7) is -2.11. The molecule has 588 valence electrons. The van der Waals surface area contributed by atoms with E-state index in [1.165, 1.54) is 63.9 Å². The highest BCUT2D eigenvalue weighted by atomic mass is 35.5. The largest absolute Gasteiger partial charge is 0.544 e. The summed E-state index contributed by atoms with van der Waals surface area (Å²) in [4.78, 5) is 52.6. The minimum Gasteiger partial charge on any atom is -0.544 e. The molecule has 5 aliphatic heterocycles. The fourth-order valence-corrected chi connectivity index (χ4v) is 13.1. The van der Waals surface area contributed by atoms with E-state index in [0.29, 0.717) is 17.0 Å². The molecule has 36 heteroatoms. The molecule has 0 saturated carbocycles. The number of halogens is 1. The summed E-state index contributed by atoms with van der Waals surface area (Å²) in [5, 5.41) is 199. The Balaban J connectivity index is 0.0000187. The lowest BCUT2D eigenvalue weighted by molar-refractivity contribution is -0.421. The van der Waals surface area contributed by atoms with Gasteiger partial charge in [-0.25, -0.2) is 0 Å². The Labute approximate surface area is 596 Å². The summed E-state index contributed by atoms with van der Waals surface area (Å²) < 4.78 is 59.5. The Morgan fingerprint density at radius 3 is 1.62 bits per heavy atom. The smallest absolute Gasteiger partial charge is 0.220 e. The van der Waals surface area contributed by atoms with Crippen LogP contribution in [0.3, 0.4) is 0 Å². The number of rotatable bonds is 41. The summed E-state index contributed by atoms with van der Waals surface area (Å²) in [5.74, 6) is -8.19. The molecular weight excluding hydrogens is 1380 g/mol. The summed E-state index contributed by atoms with van der Waals surface area (Å²) in [6, 6.07) is 1.65. The number of unbranched alkanes of at least 4 members (excludes halogenated alkanes) is 14. The van der Waals surface area contributed by atoms with Gasteiger partial charge >= 0.3 is 0 Å². The highest BCUT2D eigenvalue weighted by molar-refractivity contribution is 6.30. The molecule has 0 aliphatic carbocycles. The van der Waals surface area contributed by atoms with E-state index in [2.05, 4.69) is 22.9 Å². The highest BCUT2D eigenvalue weighted by Gasteiger charge is 2.61. The van der Waals surface area contributed by atoms with Crippen molar-refractivity contribution in [1.29, 1.82) is 0 Å². The second-order valence-electron chi connectivity index (χ2n) is 26.4. The van der Waals surface area contributed by atoms with Gasteiger partial charge in [-0.1, -0.05) is 133 Å². The van der Waals surface area contributed by atoms with Gasteiger partial charge in [0.05, 0.1) is 63.9 Å². The highest BCUT2D eigenvalue weighted by Crippen LogP contribution is 2.41. The van der Waals surface area contributed by atoms with Crippen LogP contribution < -0.4 is 27.2 Å². The average Bonchev–Trinajstić information content (AvgIpc) is 0.751. The van der Waals surface area contributed by atoms with E-state index in [0.717, 1.165) is 46.0 Å². The van der Waals surface area contributed by atoms with Gasteiger partial charge in [-0.3, -0.25) is 14.4 Å². The van der Waals surface area contributed by atoms with Crippen LogP contribution in [0, 0.1) is 0 Å². The number of aliphatic hydroxyl groups is 16. The third kappa shape index (κ3) is 24.5. The first-order valence-electron chi connectivity index (χ1n) is 34.7. The number of carbonyl (C=O) groups excluding carboxylic acids is 4. The third-order valence-corrected chi connectivity index (χ3v) is 18.9. The Bertz CT molecular complexity index is 2650. The predicted molar refractivity (Wildman–Crippen MR) is 352 cm³/mol. The van der Waals surface area contributed by atoms with Crippen LogP contribution in [0.1, 0.15) is 135 Å². The molecule has 1 aromatic rings. The monoisotopic (exact) mass is 1490 g/mol. The summed E-state index contributed by atoms with van der Waals surface area (Å²) >= 11 is 6.08. The number of carboxylic acid groups (broad SMARTS) is 1. The predicted octanol–water partition coefficient (Wildman–Crippen LogP) is -4.89. The van der Waals surface area contributed by atoms with Gasteiger partial charge in [-0.2, -0.15) is 0 Å². The Kier molecular flexibility index (Phi) is 38.0. The van der Waals surface area contributed by atoms with Crippen molar-refractivity contribution in [3.8, 4) is 0 Å². The summed E-state index contributed by atoms with van der Waals surface area (Å²) in [7, 11) is 0. The molecule has 0 bridgehead atoms. The van der Waals surface area contributed by atoms with E-state index >= 15 is 0 Å². The molecule has 1 aromatic carbocycles. The third-order valence-electron chi connectivity index (χ3n) is 18.6. The number of carbonyl (C=O) groups is 4. The molecule has 28 atom stereocenters. The fraction of sp³-hybridized carbons (Fsp3) is 0.818. The molecular formula is C66H111ClN4O31. The maximum Gasteiger partial charge on any atom is 0.220 e. The molecule has 102 heavy (non-hydrogen) atoms. The summed E-state index contributed by atoms with van der Waals surface area (Å²) in [5.41, 5.74) is 0.628. The van der Waals surface area contributed by atoms with Crippen molar-refractivity contribution >= 4 is 41.4 Å². The minimum absolute atomic E-state index is 0. The van der Waals surface area contributed by atoms with E-state index in [-0.39, 0.29) is 12.6 Å². The van der Waals surface area contributed by atoms with Crippen molar-refractivity contribution in [3.05, 3.63) is 40.9 Å². The number of aliphatic carboxylic acids is 1. The normalized spacial score (nSPS) is 35.5. The molecule has 6 rings (SSSR count).